The number of nitrogens with zero attached hydrogens (tertiary/aromatic N) is 3. The van der Waals surface area contributed by atoms with Crippen LogP contribution in [0.5, 0.6) is 0 Å². The van der Waals surface area contributed by atoms with Gasteiger partial charge in [0, 0.05) is 51.9 Å². The second-order valence-corrected chi connectivity index (χ2v) is 5.55. The van der Waals surface area contributed by atoms with Crippen molar-refractivity contribution in [3.8, 4) is 0 Å². The van der Waals surface area contributed by atoms with Crippen LogP contribution in [0.25, 0.3) is 0 Å². The van der Waals surface area contributed by atoms with Crippen molar-refractivity contribution >= 4 is 6.03 Å². The first-order valence-electron chi connectivity index (χ1n) is 7.41. The monoisotopic (exact) mass is 268 g/mol. The molecule has 1 unspecified atom stereocenters. The van der Waals surface area contributed by atoms with Crippen LogP contribution in [0.1, 0.15) is 6.42 Å². The average Bonchev–Trinajstić information content (AvgIpc) is 3.02. The number of hydrogen-bond acceptors (Lipinski definition) is 4. The summed E-state index contributed by atoms with van der Waals surface area (Å²) in [6.07, 6.45) is 1.25. The van der Waals surface area contributed by atoms with Gasteiger partial charge in [-0.05, 0) is 13.0 Å². The minimum atomic E-state index is 0.201. The lowest BCUT2D eigenvalue weighted by Crippen LogP contribution is -2.56. The molecule has 3 rings (SSSR count). The number of ether oxygens (including phenoxy) is 1. The Morgan fingerprint density at radius 2 is 1.68 bits per heavy atom. The van der Waals surface area contributed by atoms with Crippen molar-refractivity contribution in [3.05, 3.63) is 0 Å². The maximum atomic E-state index is 12.3. The number of amides is 2. The van der Waals surface area contributed by atoms with Crippen molar-refractivity contribution in [3.63, 3.8) is 0 Å². The van der Waals surface area contributed by atoms with E-state index in [2.05, 4.69) is 10.2 Å². The van der Waals surface area contributed by atoms with Gasteiger partial charge in [-0.15, -0.1) is 0 Å². The van der Waals surface area contributed by atoms with Gasteiger partial charge < -0.3 is 19.9 Å². The van der Waals surface area contributed by atoms with Crippen molar-refractivity contribution in [2.45, 2.75) is 12.5 Å². The second kappa shape index (κ2) is 6.07. The summed E-state index contributed by atoms with van der Waals surface area (Å²) >= 11 is 0. The van der Waals surface area contributed by atoms with Crippen molar-refractivity contribution in [2.24, 2.45) is 0 Å². The number of urea groups is 1. The van der Waals surface area contributed by atoms with E-state index in [9.17, 15) is 4.79 Å². The number of carbonyl (C=O) groups is 1. The van der Waals surface area contributed by atoms with Crippen molar-refractivity contribution in [1.82, 2.24) is 20.0 Å². The Balaban J connectivity index is 1.47. The zero-order valence-corrected chi connectivity index (χ0v) is 11.5. The normalized spacial score (nSPS) is 29.8. The molecule has 19 heavy (non-hydrogen) atoms. The largest absolute Gasteiger partial charge is 0.378 e. The molecule has 3 saturated heterocycles. The summed E-state index contributed by atoms with van der Waals surface area (Å²) in [5.74, 6) is 0. The summed E-state index contributed by atoms with van der Waals surface area (Å²) < 4.78 is 5.29. The number of nitrogens with one attached hydrogen (secondary N) is 1. The Morgan fingerprint density at radius 1 is 1.00 bits per heavy atom. The summed E-state index contributed by atoms with van der Waals surface area (Å²) in [7, 11) is 0. The minimum absolute atomic E-state index is 0.201. The van der Waals surface area contributed by atoms with Crippen LogP contribution in [0, 0.1) is 0 Å². The molecular formula is C13H24N4O2. The molecular weight excluding hydrogens is 244 g/mol. The molecule has 6 nitrogen and oxygen atoms in total. The summed E-state index contributed by atoms with van der Waals surface area (Å²) in [4.78, 5) is 18.8. The van der Waals surface area contributed by atoms with E-state index in [1.807, 2.05) is 9.80 Å². The SMILES string of the molecule is O=C(N1CCOCC1)N1CCN(C2CCNC2)CC1. The fourth-order valence-corrected chi connectivity index (χ4v) is 3.18. The van der Waals surface area contributed by atoms with E-state index in [1.54, 1.807) is 0 Å². The van der Waals surface area contributed by atoms with E-state index in [1.165, 1.54) is 6.42 Å². The van der Waals surface area contributed by atoms with Gasteiger partial charge in [-0.1, -0.05) is 0 Å². The highest BCUT2D eigenvalue weighted by Gasteiger charge is 2.29. The van der Waals surface area contributed by atoms with Crippen molar-refractivity contribution < 1.29 is 9.53 Å². The van der Waals surface area contributed by atoms with Crippen LogP contribution < -0.4 is 5.32 Å². The lowest BCUT2D eigenvalue weighted by Gasteiger charge is -2.40. The smallest absolute Gasteiger partial charge is 0.320 e. The van der Waals surface area contributed by atoms with E-state index < -0.39 is 0 Å². The minimum Gasteiger partial charge on any atom is -0.378 e. The van der Waals surface area contributed by atoms with Gasteiger partial charge in [0.1, 0.15) is 0 Å². The van der Waals surface area contributed by atoms with Crippen LogP contribution >= 0.6 is 0 Å². The van der Waals surface area contributed by atoms with Crippen LogP contribution in [-0.4, -0.2) is 92.3 Å². The summed E-state index contributed by atoms with van der Waals surface area (Å²) in [6.45, 7) is 8.86. The van der Waals surface area contributed by atoms with Gasteiger partial charge in [-0.3, -0.25) is 4.90 Å². The quantitative estimate of drug-likeness (QED) is 0.691. The zero-order chi connectivity index (χ0) is 13.1. The molecule has 0 radical (unpaired) electrons. The van der Waals surface area contributed by atoms with Crippen LogP contribution in [-0.2, 0) is 4.74 Å². The molecule has 0 saturated carbocycles. The predicted octanol–water partition coefficient (Wildman–Crippen LogP) is -0.582. The van der Waals surface area contributed by atoms with E-state index >= 15 is 0 Å². The number of morpholine rings is 1. The van der Waals surface area contributed by atoms with Crippen LogP contribution in [0.3, 0.4) is 0 Å². The molecule has 6 heteroatoms. The molecule has 0 bridgehead atoms. The molecule has 3 aliphatic heterocycles. The summed E-state index contributed by atoms with van der Waals surface area (Å²) in [5.41, 5.74) is 0. The van der Waals surface area contributed by atoms with Gasteiger partial charge in [0.05, 0.1) is 13.2 Å². The fraction of sp³-hybridized carbons (Fsp3) is 0.923. The Kier molecular flexibility index (Phi) is 4.20. The zero-order valence-electron chi connectivity index (χ0n) is 11.5. The highest BCUT2D eigenvalue weighted by atomic mass is 16.5. The molecule has 108 valence electrons. The van der Waals surface area contributed by atoms with Gasteiger partial charge in [-0.2, -0.15) is 0 Å². The van der Waals surface area contributed by atoms with Crippen molar-refractivity contribution in [1.29, 1.82) is 0 Å². The first-order chi connectivity index (χ1) is 9.34. The molecule has 0 aromatic heterocycles. The standard InChI is InChI=1S/C13H24N4O2/c18-13(17-7-9-19-10-8-17)16-5-3-15(4-6-16)12-1-2-14-11-12/h12,14H,1-11H2. The molecule has 0 aromatic carbocycles. The van der Waals surface area contributed by atoms with Crippen molar-refractivity contribution in [2.75, 3.05) is 65.6 Å². The Hall–Kier alpha value is -0.850. The van der Waals surface area contributed by atoms with Crippen LogP contribution in [0.4, 0.5) is 4.79 Å². The number of carbonyl (C=O) groups excluding carboxylic acids is 1. The number of hydrogen-bond donors (Lipinski definition) is 1. The Morgan fingerprint density at radius 3 is 2.32 bits per heavy atom. The Bertz CT molecular complexity index is 306. The lowest BCUT2D eigenvalue weighted by atomic mass is 10.2. The summed E-state index contributed by atoms with van der Waals surface area (Å²) in [5, 5.41) is 3.41. The molecule has 3 heterocycles. The fourth-order valence-electron chi connectivity index (χ4n) is 3.18. The van der Waals surface area contributed by atoms with Crippen LogP contribution in [0.15, 0.2) is 0 Å². The topological polar surface area (TPSA) is 48.1 Å². The third-order valence-corrected chi connectivity index (χ3v) is 4.42. The van der Waals surface area contributed by atoms with Gasteiger partial charge in [0.15, 0.2) is 0 Å². The van der Waals surface area contributed by atoms with E-state index in [4.69, 9.17) is 4.74 Å². The van der Waals surface area contributed by atoms with Gasteiger partial charge in [0.25, 0.3) is 0 Å². The maximum absolute atomic E-state index is 12.3. The highest BCUT2D eigenvalue weighted by Crippen LogP contribution is 2.13. The van der Waals surface area contributed by atoms with E-state index in [-0.39, 0.29) is 6.03 Å². The molecule has 0 spiro atoms. The third kappa shape index (κ3) is 3.01. The van der Waals surface area contributed by atoms with Gasteiger partial charge in [-0.25, -0.2) is 4.79 Å². The molecule has 3 fully saturated rings. The first-order valence-corrected chi connectivity index (χ1v) is 7.41. The number of rotatable bonds is 1. The summed E-state index contributed by atoms with van der Waals surface area (Å²) in [6, 6.07) is 0.883. The molecule has 2 amide bonds. The van der Waals surface area contributed by atoms with Crippen LogP contribution in [0.2, 0.25) is 0 Å². The molecule has 1 atom stereocenters. The predicted molar refractivity (Wildman–Crippen MR) is 72.2 cm³/mol. The number of piperazine rings is 1. The molecule has 0 aromatic rings. The lowest BCUT2D eigenvalue weighted by molar-refractivity contribution is 0.0353. The second-order valence-electron chi connectivity index (χ2n) is 5.55. The highest BCUT2D eigenvalue weighted by molar-refractivity contribution is 5.74. The average molecular weight is 268 g/mol. The molecule has 0 aliphatic carbocycles. The first kappa shape index (κ1) is 13.1. The van der Waals surface area contributed by atoms with Gasteiger partial charge in [0.2, 0.25) is 0 Å². The molecule has 3 aliphatic rings. The van der Waals surface area contributed by atoms with E-state index in [0.717, 1.165) is 52.4 Å². The molecule has 1 N–H and O–H groups in total. The third-order valence-electron chi connectivity index (χ3n) is 4.42. The Labute approximate surface area is 114 Å². The maximum Gasteiger partial charge on any atom is 0.320 e. The van der Waals surface area contributed by atoms with E-state index in [0.29, 0.717) is 19.3 Å². The van der Waals surface area contributed by atoms with Gasteiger partial charge >= 0.3 is 6.03 Å².